The van der Waals surface area contributed by atoms with Crippen molar-refractivity contribution >= 4 is 29.2 Å². The number of fused-ring (bicyclic) bond motifs is 1. The second kappa shape index (κ2) is 11.1. The molecule has 1 amide bonds. The van der Waals surface area contributed by atoms with Crippen LogP contribution in [-0.2, 0) is 9.53 Å². The molecule has 9 heteroatoms. The molecule has 3 heterocycles. The van der Waals surface area contributed by atoms with Crippen LogP contribution in [0.15, 0.2) is 36.0 Å². The van der Waals surface area contributed by atoms with Gasteiger partial charge < -0.3 is 26.0 Å². The third-order valence-electron chi connectivity index (χ3n) is 5.42. The number of hydrogen-bond donors (Lipinski definition) is 3. The minimum atomic E-state index is -0.142. The number of likely N-dealkylation sites (tertiary alicyclic amines) is 1. The van der Waals surface area contributed by atoms with Gasteiger partial charge in [0.05, 0.1) is 13.2 Å². The maximum Gasteiger partial charge on any atom is 0.244 e. The highest BCUT2D eigenvalue weighted by Gasteiger charge is 2.27. The Morgan fingerprint density at radius 3 is 2.78 bits per heavy atom. The topological polar surface area (TPSA) is 109 Å². The van der Waals surface area contributed by atoms with Crippen molar-refractivity contribution in [1.29, 1.82) is 0 Å². The predicted molar refractivity (Wildman–Crippen MR) is 130 cm³/mol. The number of aromatic nitrogens is 2. The van der Waals surface area contributed by atoms with Gasteiger partial charge in [-0.2, -0.15) is 9.97 Å². The van der Waals surface area contributed by atoms with Gasteiger partial charge in [-0.3, -0.25) is 9.69 Å². The lowest BCUT2D eigenvalue weighted by molar-refractivity contribution is -0.115. The quantitative estimate of drug-likeness (QED) is 0.475. The fraction of sp³-hybridized carbons (Fsp3) is 0.522. The Kier molecular flexibility index (Phi) is 8.24. The molecule has 1 fully saturated rings. The Morgan fingerprint density at radius 2 is 2.09 bits per heavy atom. The number of methoxy groups -OCH3 is 1. The molecule has 0 aliphatic carbocycles. The molecule has 1 atom stereocenters. The predicted octanol–water partition coefficient (Wildman–Crippen LogP) is 2.42. The summed E-state index contributed by atoms with van der Waals surface area (Å²) in [6.45, 7) is 12.4. The number of nitrogens with zero attached hydrogens (tertiary/aromatic N) is 4. The summed E-state index contributed by atoms with van der Waals surface area (Å²) in [7, 11) is 1.64. The molecule has 2 aliphatic heterocycles. The molecule has 0 radical (unpaired) electrons. The number of nitrogens with two attached hydrogens (primary N) is 1. The molecule has 0 unspecified atom stereocenters. The van der Waals surface area contributed by atoms with Crippen LogP contribution >= 0.6 is 0 Å². The highest BCUT2D eigenvalue weighted by molar-refractivity contribution is 6.03. The fourth-order valence-electron chi connectivity index (χ4n) is 4.12. The first-order valence-corrected chi connectivity index (χ1v) is 11.1. The van der Waals surface area contributed by atoms with Crippen molar-refractivity contribution < 1.29 is 9.53 Å². The minimum absolute atomic E-state index is 0.0106. The van der Waals surface area contributed by atoms with Gasteiger partial charge >= 0.3 is 0 Å². The molecule has 9 nitrogen and oxygen atoms in total. The van der Waals surface area contributed by atoms with Crippen LogP contribution in [0, 0.1) is 0 Å². The number of carbonyl (C=O) groups excluding carboxylic acids is 1. The lowest BCUT2D eigenvalue weighted by Crippen LogP contribution is -2.40. The van der Waals surface area contributed by atoms with E-state index in [-0.39, 0.29) is 24.3 Å². The van der Waals surface area contributed by atoms with E-state index in [4.69, 9.17) is 10.5 Å². The maximum absolute atomic E-state index is 12.4. The molecule has 3 rings (SSSR count). The molecule has 0 aromatic carbocycles. The Balaban J connectivity index is 1.83. The molecule has 0 bridgehead atoms. The van der Waals surface area contributed by atoms with Crippen LogP contribution in [0.1, 0.15) is 26.7 Å². The summed E-state index contributed by atoms with van der Waals surface area (Å²) in [5, 5.41) is 6.02. The minimum Gasteiger partial charge on any atom is -0.383 e. The second-order valence-corrected chi connectivity index (χ2v) is 8.49. The molecule has 1 saturated heterocycles. The first kappa shape index (κ1) is 23.7. The van der Waals surface area contributed by atoms with Crippen molar-refractivity contribution in [3.05, 3.63) is 36.0 Å². The number of hydrogen-bond acceptors (Lipinski definition) is 8. The van der Waals surface area contributed by atoms with Gasteiger partial charge in [-0.1, -0.05) is 30.4 Å². The average Bonchev–Trinajstić information content (AvgIpc) is 3.22. The molecule has 4 N–H and O–H groups in total. The third kappa shape index (κ3) is 6.30. The number of rotatable bonds is 10. The van der Waals surface area contributed by atoms with Crippen LogP contribution in [-0.4, -0.2) is 73.3 Å². The Labute approximate surface area is 190 Å². The van der Waals surface area contributed by atoms with Crippen molar-refractivity contribution in [3.8, 4) is 0 Å². The van der Waals surface area contributed by atoms with Crippen molar-refractivity contribution in [1.82, 2.24) is 14.9 Å². The second-order valence-electron chi connectivity index (χ2n) is 8.49. The van der Waals surface area contributed by atoms with Gasteiger partial charge in [-0.15, -0.1) is 0 Å². The number of carbonyl (C=O) groups is 1. The van der Waals surface area contributed by atoms with E-state index in [9.17, 15) is 4.79 Å². The summed E-state index contributed by atoms with van der Waals surface area (Å²) in [6, 6.07) is 0.0106. The fourth-order valence-corrected chi connectivity index (χ4v) is 4.12. The average molecular weight is 442 g/mol. The Bertz CT molecular complexity index is 891. The number of nitrogens with one attached hydrogen (secondary N) is 2. The van der Waals surface area contributed by atoms with Crippen molar-refractivity contribution in [2.45, 2.75) is 32.7 Å². The summed E-state index contributed by atoms with van der Waals surface area (Å²) in [5.74, 6) is 1.10. The largest absolute Gasteiger partial charge is 0.383 e. The van der Waals surface area contributed by atoms with Gasteiger partial charge in [0, 0.05) is 26.2 Å². The number of amides is 1. The van der Waals surface area contributed by atoms with Gasteiger partial charge in [0.2, 0.25) is 11.9 Å². The summed E-state index contributed by atoms with van der Waals surface area (Å²) in [5.41, 5.74) is 8.94. The van der Waals surface area contributed by atoms with E-state index in [0.717, 1.165) is 25.2 Å². The summed E-state index contributed by atoms with van der Waals surface area (Å²) < 4.78 is 5.17. The molecule has 0 spiro atoms. The van der Waals surface area contributed by atoms with Crippen molar-refractivity contribution in [2.75, 3.05) is 67.7 Å². The molecule has 174 valence electrons. The first-order chi connectivity index (χ1) is 15.4. The van der Waals surface area contributed by atoms with E-state index in [0.29, 0.717) is 30.6 Å². The van der Waals surface area contributed by atoms with Crippen LogP contribution in [0.2, 0.25) is 0 Å². The standard InChI is InChI=1S/C23H35N7O2/c1-5-8-18(11-16(2)12-29-9-6-7-10-29)13-30-14-19(31)26-20-21(24)27-23(28-22(20)30)25-17(3)15-32-4/h5,8,11,17H,1,6-7,9-10,12-15H2,2-4H3,(H,26,31)(H3,24,25,27,28)/b16-11+,18-8+/t17-/m0/s1. The zero-order valence-corrected chi connectivity index (χ0v) is 19.4. The molecule has 32 heavy (non-hydrogen) atoms. The van der Waals surface area contributed by atoms with Crippen molar-refractivity contribution in [3.63, 3.8) is 0 Å². The lowest BCUT2D eigenvalue weighted by atomic mass is 10.1. The zero-order valence-electron chi connectivity index (χ0n) is 19.4. The van der Waals surface area contributed by atoms with Crippen LogP contribution in [0.25, 0.3) is 0 Å². The first-order valence-electron chi connectivity index (χ1n) is 11.1. The normalized spacial score (nSPS) is 18.3. The highest BCUT2D eigenvalue weighted by Crippen LogP contribution is 2.33. The molecule has 1 aromatic rings. The van der Waals surface area contributed by atoms with Crippen molar-refractivity contribution in [2.24, 2.45) is 0 Å². The highest BCUT2D eigenvalue weighted by atomic mass is 16.5. The molecular formula is C23H35N7O2. The number of anilines is 4. The van der Waals surface area contributed by atoms with E-state index < -0.39 is 0 Å². The summed E-state index contributed by atoms with van der Waals surface area (Å²) in [6.07, 6.45) is 8.46. The maximum atomic E-state index is 12.4. The number of nitrogen functional groups attached to an aromatic ring is 1. The lowest BCUT2D eigenvalue weighted by Gasteiger charge is -2.31. The summed E-state index contributed by atoms with van der Waals surface area (Å²) in [4.78, 5) is 25.7. The van der Waals surface area contributed by atoms with Crippen LogP contribution in [0.3, 0.4) is 0 Å². The molecule has 0 saturated carbocycles. The number of ether oxygens (including phenoxy) is 1. The van der Waals surface area contributed by atoms with Crippen LogP contribution in [0.5, 0.6) is 0 Å². The number of allylic oxidation sites excluding steroid dienone is 2. The van der Waals surface area contributed by atoms with Gasteiger partial charge in [0.25, 0.3) is 0 Å². The zero-order chi connectivity index (χ0) is 23.1. The monoisotopic (exact) mass is 441 g/mol. The summed E-state index contributed by atoms with van der Waals surface area (Å²) >= 11 is 0. The van der Waals surface area contributed by atoms with E-state index in [1.807, 2.05) is 17.9 Å². The van der Waals surface area contributed by atoms with Gasteiger partial charge in [0.15, 0.2) is 11.6 Å². The van der Waals surface area contributed by atoms with E-state index in [2.05, 4.69) is 45.1 Å². The van der Waals surface area contributed by atoms with Crippen LogP contribution in [0.4, 0.5) is 23.3 Å². The Hall–Kier alpha value is -2.91. The molecular weight excluding hydrogens is 406 g/mol. The van der Waals surface area contributed by atoms with E-state index in [1.54, 1.807) is 13.2 Å². The Morgan fingerprint density at radius 1 is 1.34 bits per heavy atom. The van der Waals surface area contributed by atoms with Gasteiger partial charge in [-0.05, 0) is 45.4 Å². The third-order valence-corrected chi connectivity index (χ3v) is 5.42. The SMILES string of the molecule is C=C/C=C(\C=C(/C)CN1CCCC1)CN1CC(=O)Nc2c(N)nc(N[C@@H](C)COC)nc21. The molecule has 1 aromatic heterocycles. The molecule has 2 aliphatic rings. The smallest absolute Gasteiger partial charge is 0.244 e. The van der Waals surface area contributed by atoms with Gasteiger partial charge in [0.1, 0.15) is 5.69 Å². The van der Waals surface area contributed by atoms with E-state index >= 15 is 0 Å². The van der Waals surface area contributed by atoms with E-state index in [1.165, 1.54) is 18.4 Å². The van der Waals surface area contributed by atoms with Gasteiger partial charge in [-0.25, -0.2) is 0 Å². The van der Waals surface area contributed by atoms with Crippen LogP contribution < -0.4 is 21.3 Å².